The molecule has 5 heteroatoms. The minimum absolute atomic E-state index is 0.374. The first-order valence-corrected chi connectivity index (χ1v) is 5.71. The number of hydrogen-bond acceptors (Lipinski definition) is 3. The highest BCUT2D eigenvalue weighted by atomic mass is 32.1. The van der Waals surface area contributed by atoms with Crippen molar-refractivity contribution in [3.63, 3.8) is 0 Å². The quantitative estimate of drug-likeness (QED) is 0.871. The highest BCUT2D eigenvalue weighted by Gasteiger charge is 2.19. The number of aromatic carboxylic acids is 1. The van der Waals surface area contributed by atoms with Gasteiger partial charge in [0.2, 0.25) is 0 Å². The van der Waals surface area contributed by atoms with E-state index in [1.807, 2.05) is 27.0 Å². The van der Waals surface area contributed by atoms with Gasteiger partial charge < -0.3 is 5.11 Å². The topological polar surface area (TPSA) is 55.1 Å². The lowest BCUT2D eigenvalue weighted by atomic mass is 10.0. The van der Waals surface area contributed by atoms with Crippen molar-refractivity contribution in [2.45, 2.75) is 13.8 Å². The summed E-state index contributed by atoms with van der Waals surface area (Å²) in [6.07, 6.45) is 0. The van der Waals surface area contributed by atoms with Gasteiger partial charge in [-0.3, -0.25) is 4.68 Å². The Morgan fingerprint density at radius 3 is 2.69 bits per heavy atom. The summed E-state index contributed by atoms with van der Waals surface area (Å²) in [5.41, 5.74) is 3.54. The van der Waals surface area contributed by atoms with Crippen molar-refractivity contribution < 1.29 is 9.90 Å². The van der Waals surface area contributed by atoms with Gasteiger partial charge in [0, 0.05) is 23.9 Å². The smallest absolute Gasteiger partial charge is 0.346 e. The lowest BCUT2D eigenvalue weighted by molar-refractivity contribution is 0.0703. The fourth-order valence-electron chi connectivity index (χ4n) is 1.84. The Hall–Kier alpha value is -1.62. The largest absolute Gasteiger partial charge is 0.477 e. The molecule has 4 nitrogen and oxygen atoms in total. The molecule has 0 atom stereocenters. The predicted octanol–water partition coefficient (Wildman–Crippen LogP) is 2.46. The third kappa shape index (κ3) is 1.53. The molecule has 84 valence electrons. The van der Waals surface area contributed by atoms with Gasteiger partial charge in [0.1, 0.15) is 4.88 Å². The van der Waals surface area contributed by atoms with Crippen LogP contribution in [0.1, 0.15) is 21.1 Å². The number of aryl methyl sites for hydroxylation is 2. The highest BCUT2D eigenvalue weighted by molar-refractivity contribution is 7.12. The van der Waals surface area contributed by atoms with Crippen LogP contribution in [0, 0.1) is 13.8 Å². The van der Waals surface area contributed by atoms with E-state index in [-0.39, 0.29) is 0 Å². The lowest BCUT2D eigenvalue weighted by Crippen LogP contribution is -1.96. The SMILES string of the molecule is Cc1nn(C)c(C)c1-c1ccsc1C(=O)O. The minimum atomic E-state index is -0.882. The van der Waals surface area contributed by atoms with Crippen LogP contribution in [0.3, 0.4) is 0 Å². The fourth-order valence-corrected chi connectivity index (χ4v) is 2.57. The first kappa shape index (κ1) is 10.9. The van der Waals surface area contributed by atoms with Crippen molar-refractivity contribution in [1.29, 1.82) is 0 Å². The molecule has 2 aromatic rings. The Labute approximate surface area is 97.2 Å². The van der Waals surface area contributed by atoms with Crippen LogP contribution in [0.4, 0.5) is 0 Å². The Balaban J connectivity index is 2.67. The van der Waals surface area contributed by atoms with Gasteiger partial charge >= 0.3 is 5.97 Å². The van der Waals surface area contributed by atoms with Gasteiger partial charge in [-0.25, -0.2) is 4.79 Å². The number of hydrogen-bond donors (Lipinski definition) is 1. The van der Waals surface area contributed by atoms with Crippen molar-refractivity contribution in [2.75, 3.05) is 0 Å². The van der Waals surface area contributed by atoms with Crippen LogP contribution >= 0.6 is 11.3 Å². The van der Waals surface area contributed by atoms with E-state index in [0.717, 1.165) is 22.5 Å². The average molecular weight is 236 g/mol. The van der Waals surface area contributed by atoms with Gasteiger partial charge in [0.05, 0.1) is 5.69 Å². The van der Waals surface area contributed by atoms with E-state index < -0.39 is 5.97 Å². The third-order valence-corrected chi connectivity index (χ3v) is 3.54. The van der Waals surface area contributed by atoms with Crippen molar-refractivity contribution >= 4 is 17.3 Å². The summed E-state index contributed by atoms with van der Waals surface area (Å²) in [6, 6.07) is 1.84. The summed E-state index contributed by atoms with van der Waals surface area (Å²) in [5.74, 6) is -0.882. The van der Waals surface area contributed by atoms with Gasteiger partial charge in [0.15, 0.2) is 0 Å². The van der Waals surface area contributed by atoms with Crippen LogP contribution in [0.15, 0.2) is 11.4 Å². The van der Waals surface area contributed by atoms with Crippen LogP contribution in [-0.2, 0) is 7.05 Å². The van der Waals surface area contributed by atoms with Gasteiger partial charge in [-0.05, 0) is 25.3 Å². The van der Waals surface area contributed by atoms with Gasteiger partial charge in [-0.15, -0.1) is 11.3 Å². The molecule has 0 aliphatic heterocycles. The number of rotatable bonds is 2. The molecule has 0 amide bonds. The van der Waals surface area contributed by atoms with Crippen LogP contribution < -0.4 is 0 Å². The predicted molar refractivity (Wildman–Crippen MR) is 63.0 cm³/mol. The van der Waals surface area contributed by atoms with E-state index in [1.54, 1.807) is 10.1 Å². The Morgan fingerprint density at radius 1 is 1.50 bits per heavy atom. The number of aromatic nitrogens is 2. The van der Waals surface area contributed by atoms with Gasteiger partial charge in [-0.1, -0.05) is 0 Å². The zero-order valence-electron chi connectivity index (χ0n) is 9.31. The third-order valence-electron chi connectivity index (χ3n) is 2.64. The maximum absolute atomic E-state index is 11.1. The molecule has 1 N–H and O–H groups in total. The average Bonchev–Trinajstić information content (AvgIpc) is 2.73. The second-order valence-electron chi connectivity index (χ2n) is 3.64. The van der Waals surface area contributed by atoms with Crippen LogP contribution in [0.2, 0.25) is 0 Å². The molecule has 0 aliphatic rings. The molecule has 2 rings (SSSR count). The Bertz CT molecular complexity index is 554. The van der Waals surface area contributed by atoms with Crippen LogP contribution in [-0.4, -0.2) is 20.9 Å². The molecular formula is C11H12N2O2S. The van der Waals surface area contributed by atoms with E-state index in [0.29, 0.717) is 4.88 Å². The maximum atomic E-state index is 11.1. The van der Waals surface area contributed by atoms with Crippen LogP contribution in [0.25, 0.3) is 11.1 Å². The van der Waals surface area contributed by atoms with E-state index in [1.165, 1.54) is 11.3 Å². The molecule has 0 radical (unpaired) electrons. The summed E-state index contributed by atoms with van der Waals surface area (Å²) in [6.45, 7) is 3.84. The molecule has 0 saturated heterocycles. The zero-order chi connectivity index (χ0) is 11.9. The van der Waals surface area contributed by atoms with Crippen LogP contribution in [0.5, 0.6) is 0 Å². The normalized spacial score (nSPS) is 10.7. The number of nitrogens with zero attached hydrogens (tertiary/aromatic N) is 2. The zero-order valence-corrected chi connectivity index (χ0v) is 10.1. The standard InChI is InChI=1S/C11H12N2O2S/c1-6-9(7(2)13(3)12-6)8-4-5-16-10(8)11(14)15/h4-5H,1-3H3,(H,14,15). The monoisotopic (exact) mass is 236 g/mol. The first-order valence-electron chi connectivity index (χ1n) is 4.83. The summed E-state index contributed by atoms with van der Waals surface area (Å²) in [7, 11) is 1.86. The van der Waals surface area contributed by atoms with Crippen molar-refractivity contribution in [1.82, 2.24) is 9.78 Å². The summed E-state index contributed by atoms with van der Waals surface area (Å²) >= 11 is 1.24. The number of carboxylic acids is 1. The van der Waals surface area contributed by atoms with E-state index in [4.69, 9.17) is 5.11 Å². The second kappa shape index (κ2) is 3.75. The number of carbonyl (C=O) groups is 1. The minimum Gasteiger partial charge on any atom is -0.477 e. The summed E-state index contributed by atoms with van der Waals surface area (Å²) in [4.78, 5) is 11.4. The summed E-state index contributed by atoms with van der Waals surface area (Å²) < 4.78 is 1.77. The molecule has 2 heterocycles. The lowest BCUT2D eigenvalue weighted by Gasteiger charge is -2.01. The molecular weight excluding hydrogens is 224 g/mol. The van der Waals surface area contributed by atoms with Crippen molar-refractivity contribution in [2.24, 2.45) is 7.05 Å². The molecule has 0 saturated carbocycles. The number of thiophene rings is 1. The van der Waals surface area contributed by atoms with Crippen molar-refractivity contribution in [3.8, 4) is 11.1 Å². The van der Waals surface area contributed by atoms with Gasteiger partial charge in [0.25, 0.3) is 0 Å². The molecule has 0 spiro atoms. The molecule has 2 aromatic heterocycles. The number of carboxylic acid groups (broad SMARTS) is 1. The fraction of sp³-hybridized carbons (Fsp3) is 0.273. The highest BCUT2D eigenvalue weighted by Crippen LogP contribution is 2.32. The summed E-state index contributed by atoms with van der Waals surface area (Å²) in [5, 5.41) is 15.2. The Morgan fingerprint density at radius 2 is 2.19 bits per heavy atom. The van der Waals surface area contributed by atoms with Gasteiger partial charge in [-0.2, -0.15) is 5.10 Å². The Kier molecular flexibility index (Phi) is 2.55. The maximum Gasteiger partial charge on any atom is 0.346 e. The first-order chi connectivity index (χ1) is 7.52. The molecule has 16 heavy (non-hydrogen) atoms. The molecule has 0 aliphatic carbocycles. The second-order valence-corrected chi connectivity index (χ2v) is 4.55. The molecule has 0 bridgehead atoms. The molecule has 0 unspecified atom stereocenters. The van der Waals surface area contributed by atoms with E-state index >= 15 is 0 Å². The van der Waals surface area contributed by atoms with E-state index in [2.05, 4.69) is 5.10 Å². The molecule has 0 aromatic carbocycles. The van der Waals surface area contributed by atoms with Crippen molar-refractivity contribution in [3.05, 3.63) is 27.7 Å². The molecule has 0 fully saturated rings. The van der Waals surface area contributed by atoms with E-state index in [9.17, 15) is 4.79 Å².